The first-order chi connectivity index (χ1) is 16.1. The zero-order chi connectivity index (χ0) is 25.5. The molecular weight excluding hydrogens is 480 g/mol. The molecule has 1 unspecified atom stereocenters. The van der Waals surface area contributed by atoms with E-state index in [0.717, 1.165) is 19.3 Å². The van der Waals surface area contributed by atoms with Crippen LogP contribution >= 0.6 is 0 Å². The summed E-state index contributed by atoms with van der Waals surface area (Å²) >= 11 is 0. The Hall–Kier alpha value is -0.520. The quantitative estimate of drug-likeness (QED) is 0.0749. The molecule has 0 fully saturated rings. The summed E-state index contributed by atoms with van der Waals surface area (Å²) in [7, 11) is -9.13. The fourth-order valence-electron chi connectivity index (χ4n) is 3.81. The summed E-state index contributed by atoms with van der Waals surface area (Å²) in [6.07, 6.45) is 25.5. The van der Waals surface area contributed by atoms with Crippen molar-refractivity contribution >= 4 is 20.8 Å². The Bertz CT molecular complexity index is 690. The van der Waals surface area contributed by atoms with Crippen LogP contribution in [0.4, 0.5) is 0 Å². The number of rotatable bonds is 25. The van der Waals surface area contributed by atoms with Crippen LogP contribution < -0.4 is 0 Å². The lowest BCUT2D eigenvalue weighted by molar-refractivity contribution is 0.206. The van der Waals surface area contributed by atoms with E-state index in [0.29, 0.717) is 0 Å². The molecule has 0 aromatic carbocycles. The van der Waals surface area contributed by atoms with E-state index in [1.54, 1.807) is 6.08 Å². The maximum Gasteiger partial charge on any atom is 0.397 e. The van der Waals surface area contributed by atoms with Crippen LogP contribution in [-0.2, 0) is 29.2 Å². The molecule has 0 aliphatic carbocycles. The average molecular weight is 529 g/mol. The standard InChI is InChI=1S/C24H48O8S2/c1-2-3-4-5-6-7-8-9-10-11-12-13-14-15-16-17-18-19-20-24(23-32-34(28,29)30)21-22-31-33(25,26)27/h19-20,24H,2-18,21-23H2,1H3,(H,25,26,27)(H,28,29,30). The first-order valence-electron chi connectivity index (χ1n) is 13.0. The summed E-state index contributed by atoms with van der Waals surface area (Å²) in [4.78, 5) is 0. The van der Waals surface area contributed by atoms with Crippen molar-refractivity contribution in [2.24, 2.45) is 5.92 Å². The Morgan fingerprint density at radius 2 is 1.06 bits per heavy atom. The molecule has 0 heterocycles. The monoisotopic (exact) mass is 528 g/mol. The van der Waals surface area contributed by atoms with Gasteiger partial charge in [-0.25, -0.2) is 8.37 Å². The first kappa shape index (κ1) is 33.5. The molecule has 204 valence electrons. The highest BCUT2D eigenvalue weighted by atomic mass is 32.3. The molecule has 34 heavy (non-hydrogen) atoms. The van der Waals surface area contributed by atoms with Gasteiger partial charge in [0.1, 0.15) is 0 Å². The van der Waals surface area contributed by atoms with Crippen molar-refractivity contribution in [1.82, 2.24) is 0 Å². The largest absolute Gasteiger partial charge is 0.397 e. The van der Waals surface area contributed by atoms with Gasteiger partial charge in [0.05, 0.1) is 13.2 Å². The highest BCUT2D eigenvalue weighted by Gasteiger charge is 2.13. The second kappa shape index (κ2) is 21.7. The van der Waals surface area contributed by atoms with Crippen molar-refractivity contribution in [2.45, 2.75) is 122 Å². The van der Waals surface area contributed by atoms with Crippen LogP contribution in [0.5, 0.6) is 0 Å². The molecule has 0 bridgehead atoms. The van der Waals surface area contributed by atoms with E-state index < -0.39 is 26.7 Å². The van der Waals surface area contributed by atoms with E-state index in [2.05, 4.69) is 15.3 Å². The molecule has 0 saturated carbocycles. The second-order valence-corrected chi connectivity index (χ2v) is 11.2. The second-order valence-electron chi connectivity index (χ2n) is 9.03. The van der Waals surface area contributed by atoms with Crippen molar-refractivity contribution in [1.29, 1.82) is 0 Å². The number of allylic oxidation sites excluding steroid dienone is 1. The van der Waals surface area contributed by atoms with Gasteiger partial charge in [-0.2, -0.15) is 16.8 Å². The van der Waals surface area contributed by atoms with Gasteiger partial charge in [-0.1, -0.05) is 115 Å². The Morgan fingerprint density at radius 3 is 1.47 bits per heavy atom. The third-order valence-electron chi connectivity index (χ3n) is 5.78. The lowest BCUT2D eigenvalue weighted by Gasteiger charge is -2.11. The fourth-order valence-corrected chi connectivity index (χ4v) is 4.47. The van der Waals surface area contributed by atoms with Gasteiger partial charge < -0.3 is 0 Å². The van der Waals surface area contributed by atoms with Gasteiger partial charge in [0.2, 0.25) is 0 Å². The molecule has 10 heteroatoms. The molecule has 0 saturated heterocycles. The van der Waals surface area contributed by atoms with E-state index in [-0.39, 0.29) is 19.6 Å². The minimum Gasteiger partial charge on any atom is -0.264 e. The minimum atomic E-state index is -4.58. The van der Waals surface area contributed by atoms with E-state index in [4.69, 9.17) is 9.11 Å². The fraction of sp³-hybridized carbons (Fsp3) is 0.917. The van der Waals surface area contributed by atoms with E-state index in [1.165, 1.54) is 89.9 Å². The molecule has 0 aromatic rings. The highest BCUT2D eigenvalue weighted by molar-refractivity contribution is 7.81. The Morgan fingerprint density at radius 1 is 0.647 bits per heavy atom. The van der Waals surface area contributed by atoms with Crippen LogP contribution in [0.1, 0.15) is 122 Å². The molecular formula is C24H48O8S2. The van der Waals surface area contributed by atoms with Crippen LogP contribution in [0.25, 0.3) is 0 Å². The predicted molar refractivity (Wildman–Crippen MR) is 136 cm³/mol. The topological polar surface area (TPSA) is 127 Å². The van der Waals surface area contributed by atoms with Crippen molar-refractivity contribution in [3.05, 3.63) is 12.2 Å². The highest BCUT2D eigenvalue weighted by Crippen LogP contribution is 2.15. The van der Waals surface area contributed by atoms with Gasteiger partial charge in [0.15, 0.2) is 0 Å². The maximum atomic E-state index is 10.8. The van der Waals surface area contributed by atoms with Crippen molar-refractivity contribution in [3.63, 3.8) is 0 Å². The molecule has 0 aliphatic rings. The van der Waals surface area contributed by atoms with Gasteiger partial charge in [0, 0.05) is 5.92 Å². The number of unbranched alkanes of at least 4 members (excludes halogenated alkanes) is 16. The van der Waals surface area contributed by atoms with Crippen LogP contribution in [0.15, 0.2) is 12.2 Å². The maximum absolute atomic E-state index is 10.8. The van der Waals surface area contributed by atoms with E-state index in [9.17, 15) is 16.8 Å². The van der Waals surface area contributed by atoms with E-state index in [1.807, 2.05) is 6.08 Å². The molecule has 0 amide bonds. The van der Waals surface area contributed by atoms with Crippen LogP contribution in [0.3, 0.4) is 0 Å². The molecule has 0 aliphatic heterocycles. The number of hydrogen-bond donors (Lipinski definition) is 2. The molecule has 0 radical (unpaired) electrons. The first-order valence-corrected chi connectivity index (χ1v) is 15.8. The summed E-state index contributed by atoms with van der Waals surface area (Å²) in [5.41, 5.74) is 0. The van der Waals surface area contributed by atoms with Crippen molar-refractivity contribution in [3.8, 4) is 0 Å². The molecule has 8 nitrogen and oxygen atoms in total. The smallest absolute Gasteiger partial charge is 0.264 e. The molecule has 1 atom stereocenters. The van der Waals surface area contributed by atoms with Crippen LogP contribution in [0, 0.1) is 5.92 Å². The molecule has 0 rings (SSSR count). The zero-order valence-corrected chi connectivity index (χ0v) is 22.7. The summed E-state index contributed by atoms with van der Waals surface area (Å²) in [6, 6.07) is 0. The Labute approximate surface area is 208 Å². The molecule has 0 spiro atoms. The molecule has 0 aromatic heterocycles. The lowest BCUT2D eigenvalue weighted by Crippen LogP contribution is -2.15. The van der Waals surface area contributed by atoms with Crippen molar-refractivity contribution < 1.29 is 34.3 Å². The average Bonchev–Trinajstić information content (AvgIpc) is 2.74. The SMILES string of the molecule is CCCCCCCCCCCCCCCCCCC=CC(CCOS(=O)(=O)O)COS(=O)(=O)O. The van der Waals surface area contributed by atoms with Crippen LogP contribution in [-0.4, -0.2) is 39.2 Å². The van der Waals surface area contributed by atoms with Crippen LogP contribution in [0.2, 0.25) is 0 Å². The van der Waals surface area contributed by atoms with Gasteiger partial charge >= 0.3 is 20.8 Å². The Balaban J connectivity index is 3.71. The summed E-state index contributed by atoms with van der Waals surface area (Å²) in [6.45, 7) is 1.61. The Kier molecular flexibility index (Phi) is 21.4. The van der Waals surface area contributed by atoms with E-state index >= 15 is 0 Å². The zero-order valence-electron chi connectivity index (χ0n) is 21.0. The third-order valence-corrected chi connectivity index (χ3v) is 6.68. The minimum absolute atomic E-state index is 0.116. The summed E-state index contributed by atoms with van der Waals surface area (Å²) in [5.74, 6) is -0.468. The predicted octanol–water partition coefficient (Wildman–Crippen LogP) is 6.84. The normalized spacial score (nSPS) is 13.6. The van der Waals surface area contributed by atoms with Gasteiger partial charge in [0.25, 0.3) is 0 Å². The summed E-state index contributed by atoms with van der Waals surface area (Å²) in [5, 5.41) is 0. The number of hydrogen-bond acceptors (Lipinski definition) is 6. The summed E-state index contributed by atoms with van der Waals surface area (Å²) < 4.78 is 68.7. The van der Waals surface area contributed by atoms with Gasteiger partial charge in [-0.15, -0.1) is 0 Å². The van der Waals surface area contributed by atoms with Gasteiger partial charge in [-0.05, 0) is 19.3 Å². The van der Waals surface area contributed by atoms with Gasteiger partial charge in [-0.3, -0.25) is 9.11 Å². The van der Waals surface area contributed by atoms with Crippen molar-refractivity contribution in [2.75, 3.05) is 13.2 Å². The molecule has 2 N–H and O–H groups in total. The third kappa shape index (κ3) is 27.7. The lowest BCUT2D eigenvalue weighted by atomic mass is 10.0.